The van der Waals surface area contributed by atoms with Crippen LogP contribution in [0.4, 0.5) is 4.39 Å². The molecular weight excluding hydrogens is 391 g/mol. The van der Waals surface area contributed by atoms with E-state index in [1.165, 1.54) is 12.1 Å². The van der Waals surface area contributed by atoms with Crippen molar-refractivity contribution in [2.24, 2.45) is 0 Å². The van der Waals surface area contributed by atoms with E-state index in [0.717, 1.165) is 22.1 Å². The predicted molar refractivity (Wildman–Crippen MR) is 118 cm³/mol. The van der Waals surface area contributed by atoms with Crippen LogP contribution in [-0.4, -0.2) is 10.2 Å². The first kappa shape index (κ1) is 18.8. The van der Waals surface area contributed by atoms with Gasteiger partial charge in [0.15, 0.2) is 0 Å². The number of rotatable bonds is 5. The van der Waals surface area contributed by atoms with E-state index in [1.54, 1.807) is 18.2 Å². The summed E-state index contributed by atoms with van der Waals surface area (Å²) in [6, 6.07) is 30.8. The zero-order chi connectivity index (χ0) is 21.0. The average Bonchev–Trinajstić information content (AvgIpc) is 2.81. The molecule has 0 radical (unpaired) electrons. The Morgan fingerprint density at radius 3 is 1.97 bits per heavy atom. The third-order valence-corrected chi connectivity index (χ3v) is 4.77. The Bertz CT molecular complexity index is 1340. The minimum Gasteiger partial charge on any atom is -0.457 e. The van der Waals surface area contributed by atoms with Crippen LogP contribution in [0.15, 0.2) is 103 Å². The van der Waals surface area contributed by atoms with Gasteiger partial charge in [-0.15, -0.1) is 10.2 Å². The van der Waals surface area contributed by atoms with Crippen LogP contribution in [0, 0.1) is 5.82 Å². The van der Waals surface area contributed by atoms with Gasteiger partial charge in [-0.05, 0) is 54.6 Å². The van der Waals surface area contributed by atoms with Crippen LogP contribution in [0.3, 0.4) is 0 Å². The molecule has 0 amide bonds. The molecular formula is C26H17FN2O2. The molecule has 0 aliphatic carbocycles. The maximum atomic E-state index is 13.3. The highest BCUT2D eigenvalue weighted by molar-refractivity contribution is 5.97. The molecule has 4 nitrogen and oxygen atoms in total. The second kappa shape index (κ2) is 8.24. The monoisotopic (exact) mass is 408 g/mol. The summed E-state index contributed by atoms with van der Waals surface area (Å²) in [5.74, 6) is 2.08. The van der Waals surface area contributed by atoms with Gasteiger partial charge in [0.2, 0.25) is 5.88 Å². The largest absolute Gasteiger partial charge is 0.457 e. The number of nitrogens with zero attached hydrogens (tertiary/aromatic N) is 2. The lowest BCUT2D eigenvalue weighted by Gasteiger charge is -2.11. The van der Waals surface area contributed by atoms with Gasteiger partial charge in [0.25, 0.3) is 0 Å². The first-order chi connectivity index (χ1) is 15.3. The van der Waals surface area contributed by atoms with Gasteiger partial charge in [-0.2, -0.15) is 0 Å². The Kier molecular flexibility index (Phi) is 4.99. The zero-order valence-electron chi connectivity index (χ0n) is 16.4. The van der Waals surface area contributed by atoms with E-state index >= 15 is 0 Å². The summed E-state index contributed by atoms with van der Waals surface area (Å²) in [4.78, 5) is 0. The van der Waals surface area contributed by atoms with Gasteiger partial charge in [0, 0.05) is 22.4 Å². The number of benzene rings is 4. The molecule has 0 aliphatic heterocycles. The van der Waals surface area contributed by atoms with E-state index in [2.05, 4.69) is 10.2 Å². The van der Waals surface area contributed by atoms with Crippen molar-refractivity contribution in [1.82, 2.24) is 10.2 Å². The fourth-order valence-corrected chi connectivity index (χ4v) is 3.31. The Balaban J connectivity index is 1.48. The van der Waals surface area contributed by atoms with E-state index < -0.39 is 0 Å². The van der Waals surface area contributed by atoms with Gasteiger partial charge in [-0.1, -0.05) is 42.5 Å². The fourth-order valence-electron chi connectivity index (χ4n) is 3.31. The third-order valence-electron chi connectivity index (χ3n) is 4.77. The normalized spacial score (nSPS) is 10.7. The molecule has 0 bridgehead atoms. The summed E-state index contributed by atoms with van der Waals surface area (Å²) in [5, 5.41) is 10.4. The Morgan fingerprint density at radius 1 is 0.548 bits per heavy atom. The van der Waals surface area contributed by atoms with Crippen molar-refractivity contribution in [2.75, 3.05) is 0 Å². The Hall–Kier alpha value is -4.25. The second-order valence-electron chi connectivity index (χ2n) is 6.90. The molecule has 150 valence electrons. The van der Waals surface area contributed by atoms with E-state index in [-0.39, 0.29) is 5.82 Å². The van der Waals surface area contributed by atoms with Crippen molar-refractivity contribution in [3.05, 3.63) is 109 Å². The standard InChI is InChI=1S/C26H17FN2O2/c27-19-15-13-18(14-16-19)25-23-11-4-5-12-24(23)26(29-28-25)31-22-10-6-9-21(17-22)30-20-7-2-1-3-8-20/h1-17H. The van der Waals surface area contributed by atoms with Gasteiger partial charge >= 0.3 is 0 Å². The third kappa shape index (κ3) is 4.07. The molecule has 0 saturated heterocycles. The topological polar surface area (TPSA) is 44.2 Å². The minimum atomic E-state index is -0.293. The Labute approximate surface area is 178 Å². The summed E-state index contributed by atoms with van der Waals surface area (Å²) >= 11 is 0. The van der Waals surface area contributed by atoms with Crippen molar-refractivity contribution in [1.29, 1.82) is 0 Å². The second-order valence-corrected chi connectivity index (χ2v) is 6.90. The van der Waals surface area contributed by atoms with Gasteiger partial charge < -0.3 is 9.47 Å². The van der Waals surface area contributed by atoms with Crippen LogP contribution in [0.1, 0.15) is 0 Å². The lowest BCUT2D eigenvalue weighted by atomic mass is 10.1. The summed E-state index contributed by atoms with van der Waals surface area (Å²) < 4.78 is 25.3. The molecule has 5 heteroatoms. The predicted octanol–water partition coefficient (Wildman–Crippen LogP) is 7.02. The molecule has 0 spiro atoms. The van der Waals surface area contributed by atoms with Crippen molar-refractivity contribution in [3.8, 4) is 34.4 Å². The summed E-state index contributed by atoms with van der Waals surface area (Å²) in [7, 11) is 0. The van der Waals surface area contributed by atoms with Crippen molar-refractivity contribution >= 4 is 10.8 Å². The van der Waals surface area contributed by atoms with Crippen LogP contribution in [0.25, 0.3) is 22.0 Å². The number of para-hydroxylation sites is 1. The molecule has 0 atom stereocenters. The van der Waals surface area contributed by atoms with E-state index in [4.69, 9.17) is 9.47 Å². The number of ether oxygens (including phenoxy) is 2. The quantitative estimate of drug-likeness (QED) is 0.313. The molecule has 1 heterocycles. The van der Waals surface area contributed by atoms with E-state index in [1.807, 2.05) is 72.8 Å². The molecule has 0 fully saturated rings. The highest BCUT2D eigenvalue weighted by Crippen LogP contribution is 2.34. The molecule has 4 aromatic carbocycles. The van der Waals surface area contributed by atoms with E-state index in [0.29, 0.717) is 23.1 Å². The van der Waals surface area contributed by atoms with Crippen molar-refractivity contribution in [3.63, 3.8) is 0 Å². The molecule has 31 heavy (non-hydrogen) atoms. The maximum Gasteiger partial charge on any atom is 0.246 e. The molecule has 0 saturated carbocycles. The number of hydrogen-bond donors (Lipinski definition) is 0. The first-order valence-corrected chi connectivity index (χ1v) is 9.78. The van der Waals surface area contributed by atoms with E-state index in [9.17, 15) is 4.39 Å². The van der Waals surface area contributed by atoms with Crippen molar-refractivity contribution < 1.29 is 13.9 Å². The van der Waals surface area contributed by atoms with Crippen LogP contribution < -0.4 is 9.47 Å². The highest BCUT2D eigenvalue weighted by atomic mass is 19.1. The number of hydrogen-bond acceptors (Lipinski definition) is 4. The van der Waals surface area contributed by atoms with Gasteiger partial charge in [-0.3, -0.25) is 0 Å². The van der Waals surface area contributed by atoms with Gasteiger partial charge in [0.05, 0.1) is 0 Å². The van der Waals surface area contributed by atoms with Gasteiger partial charge in [0.1, 0.15) is 28.8 Å². The SMILES string of the molecule is Fc1ccc(-c2nnc(Oc3cccc(Oc4ccccc4)c3)c3ccccc23)cc1. The van der Waals surface area contributed by atoms with Crippen molar-refractivity contribution in [2.45, 2.75) is 0 Å². The average molecular weight is 408 g/mol. The summed E-state index contributed by atoms with van der Waals surface area (Å²) in [6.45, 7) is 0. The molecule has 0 unspecified atom stereocenters. The van der Waals surface area contributed by atoms with Crippen LogP contribution >= 0.6 is 0 Å². The number of aromatic nitrogens is 2. The first-order valence-electron chi connectivity index (χ1n) is 9.78. The number of fused-ring (bicyclic) bond motifs is 1. The Morgan fingerprint density at radius 2 is 1.19 bits per heavy atom. The fraction of sp³-hybridized carbons (Fsp3) is 0. The molecule has 5 aromatic rings. The molecule has 0 N–H and O–H groups in total. The van der Waals surface area contributed by atoms with Gasteiger partial charge in [-0.25, -0.2) is 4.39 Å². The van der Waals surface area contributed by atoms with Crippen LogP contribution in [-0.2, 0) is 0 Å². The molecule has 1 aromatic heterocycles. The smallest absolute Gasteiger partial charge is 0.246 e. The minimum absolute atomic E-state index is 0.293. The van der Waals surface area contributed by atoms with Crippen LogP contribution in [0.5, 0.6) is 23.1 Å². The summed E-state index contributed by atoms with van der Waals surface area (Å²) in [6.07, 6.45) is 0. The van der Waals surface area contributed by atoms with Crippen LogP contribution in [0.2, 0.25) is 0 Å². The lowest BCUT2D eigenvalue weighted by Crippen LogP contribution is -1.96. The molecule has 0 aliphatic rings. The molecule has 5 rings (SSSR count). The maximum absolute atomic E-state index is 13.3. The highest BCUT2D eigenvalue weighted by Gasteiger charge is 2.13. The zero-order valence-corrected chi connectivity index (χ0v) is 16.4. The summed E-state index contributed by atoms with van der Waals surface area (Å²) in [5.41, 5.74) is 1.46. The number of halogens is 1. The lowest BCUT2D eigenvalue weighted by molar-refractivity contribution is 0.448.